The number of methoxy groups -OCH3 is 1. The van der Waals surface area contributed by atoms with Crippen LogP contribution in [0.4, 0.5) is 4.39 Å². The van der Waals surface area contributed by atoms with Crippen LogP contribution in [-0.2, 0) is 24.2 Å². The number of aromatic hydroxyl groups is 1. The number of nitrogens with zero attached hydrogens (tertiary/aromatic N) is 3. The van der Waals surface area contributed by atoms with Gasteiger partial charge in [-0.05, 0) is 60.2 Å². The molecule has 0 saturated carbocycles. The standard InChI is InChI=1S/C26H30FN5O2.C2H6/c1-4-15-11-24(33)20(27)12-19(15)16-6-7-18-21(10-16)30-31-25(18)26-28-22-13-32(14-23(22)29-26)17(5-2)8-9-34-3;1-2/h6-7,10-12,17,33H,4-5,8-9,13-14H2,1-3H3,(H,28,29)(H,30,31);1-2H3. The first-order valence-corrected chi connectivity index (χ1v) is 12.8. The molecule has 3 heterocycles. The summed E-state index contributed by atoms with van der Waals surface area (Å²) in [5.41, 5.74) is 6.38. The third-order valence-corrected chi connectivity index (χ3v) is 6.87. The number of nitrogens with one attached hydrogen (secondary N) is 2. The van der Waals surface area contributed by atoms with Crippen LogP contribution < -0.4 is 0 Å². The predicted octanol–water partition coefficient (Wildman–Crippen LogP) is 6.18. The van der Waals surface area contributed by atoms with Crippen molar-refractivity contribution in [1.82, 2.24) is 25.1 Å². The van der Waals surface area contributed by atoms with Crippen LogP contribution in [0.25, 0.3) is 33.5 Å². The van der Waals surface area contributed by atoms with Gasteiger partial charge < -0.3 is 14.8 Å². The summed E-state index contributed by atoms with van der Waals surface area (Å²) in [5.74, 6) is -0.179. The third-order valence-electron chi connectivity index (χ3n) is 6.87. The number of hydrogen-bond acceptors (Lipinski definition) is 5. The lowest BCUT2D eigenvalue weighted by Crippen LogP contribution is -2.31. The number of phenolic OH excluding ortho intramolecular Hbond substituents is 1. The molecule has 0 bridgehead atoms. The highest BCUT2D eigenvalue weighted by molar-refractivity contribution is 5.94. The van der Waals surface area contributed by atoms with E-state index >= 15 is 0 Å². The summed E-state index contributed by atoms with van der Waals surface area (Å²) in [4.78, 5) is 10.8. The molecule has 8 heteroatoms. The predicted molar refractivity (Wildman–Crippen MR) is 141 cm³/mol. The zero-order chi connectivity index (χ0) is 25.8. The number of benzene rings is 2. The molecular formula is C28H36FN5O2. The first-order valence-electron chi connectivity index (χ1n) is 12.8. The highest BCUT2D eigenvalue weighted by Crippen LogP contribution is 2.34. The van der Waals surface area contributed by atoms with E-state index in [4.69, 9.17) is 9.72 Å². The van der Waals surface area contributed by atoms with Gasteiger partial charge in [-0.2, -0.15) is 5.10 Å². The van der Waals surface area contributed by atoms with Crippen molar-refractivity contribution < 1.29 is 14.2 Å². The fourth-order valence-electron chi connectivity index (χ4n) is 4.96. The van der Waals surface area contributed by atoms with Crippen molar-refractivity contribution in [2.24, 2.45) is 0 Å². The van der Waals surface area contributed by atoms with Gasteiger partial charge >= 0.3 is 0 Å². The first kappa shape index (κ1) is 25.9. The van der Waals surface area contributed by atoms with E-state index in [2.05, 4.69) is 27.0 Å². The summed E-state index contributed by atoms with van der Waals surface area (Å²) in [5, 5.41) is 18.3. The number of H-pyrrole nitrogens is 2. The normalized spacial score (nSPS) is 14.1. The molecular weight excluding hydrogens is 457 g/mol. The smallest absolute Gasteiger partial charge is 0.165 e. The van der Waals surface area contributed by atoms with E-state index < -0.39 is 5.82 Å². The summed E-state index contributed by atoms with van der Waals surface area (Å²) >= 11 is 0. The zero-order valence-corrected chi connectivity index (χ0v) is 21.8. The van der Waals surface area contributed by atoms with Gasteiger partial charge in [-0.1, -0.05) is 33.8 Å². The van der Waals surface area contributed by atoms with E-state index in [0.717, 1.165) is 83.0 Å². The van der Waals surface area contributed by atoms with E-state index in [1.54, 1.807) is 7.11 Å². The Balaban J connectivity index is 0.00000148. The van der Waals surface area contributed by atoms with E-state index in [9.17, 15) is 9.50 Å². The van der Waals surface area contributed by atoms with Crippen LogP contribution in [0.15, 0.2) is 30.3 Å². The van der Waals surface area contributed by atoms with Gasteiger partial charge in [0.05, 0.1) is 16.9 Å². The summed E-state index contributed by atoms with van der Waals surface area (Å²) in [7, 11) is 1.75. The first-order chi connectivity index (χ1) is 17.5. The van der Waals surface area contributed by atoms with Crippen LogP contribution >= 0.6 is 0 Å². The molecule has 1 aliphatic rings. The van der Waals surface area contributed by atoms with Gasteiger partial charge in [0.25, 0.3) is 0 Å². The van der Waals surface area contributed by atoms with Crippen LogP contribution in [0.1, 0.15) is 57.5 Å². The van der Waals surface area contributed by atoms with Gasteiger partial charge in [0.15, 0.2) is 17.4 Å². The summed E-state index contributed by atoms with van der Waals surface area (Å²) < 4.78 is 19.3. The number of hydrogen-bond donors (Lipinski definition) is 3. The Labute approximate surface area is 211 Å². The Morgan fingerprint density at radius 1 is 1.17 bits per heavy atom. The number of aromatic nitrogens is 4. The second-order valence-electron chi connectivity index (χ2n) is 8.91. The fourth-order valence-corrected chi connectivity index (χ4v) is 4.96. The molecule has 0 aliphatic carbocycles. The molecule has 3 N–H and O–H groups in total. The molecule has 192 valence electrons. The number of ether oxygens (including phenoxy) is 1. The SMILES string of the molecule is CC.CCc1cc(O)c(F)cc1-c1ccc2c(-c3nc4c([nH]3)CN(C(CC)CCOC)C4)n[nH]c2c1. The molecule has 1 aliphatic heterocycles. The van der Waals surface area contributed by atoms with E-state index in [1.807, 2.05) is 39.0 Å². The summed E-state index contributed by atoms with van der Waals surface area (Å²) in [6, 6.07) is 9.30. The number of fused-ring (bicyclic) bond motifs is 2. The Morgan fingerprint density at radius 2 is 1.97 bits per heavy atom. The average Bonchev–Trinajstić information content (AvgIpc) is 3.60. The fraction of sp³-hybridized carbons (Fsp3) is 0.429. The van der Waals surface area contributed by atoms with E-state index in [0.29, 0.717) is 12.5 Å². The summed E-state index contributed by atoms with van der Waals surface area (Å²) in [6.07, 6.45) is 2.79. The van der Waals surface area contributed by atoms with Crippen LogP contribution in [-0.4, -0.2) is 49.9 Å². The van der Waals surface area contributed by atoms with E-state index in [1.165, 1.54) is 12.1 Å². The molecule has 0 fully saturated rings. The molecule has 4 aromatic rings. The highest BCUT2D eigenvalue weighted by atomic mass is 19.1. The number of rotatable bonds is 8. The summed E-state index contributed by atoms with van der Waals surface area (Å²) in [6.45, 7) is 10.6. The molecule has 2 aromatic carbocycles. The second-order valence-corrected chi connectivity index (χ2v) is 8.91. The maximum atomic E-state index is 14.1. The van der Waals surface area contributed by atoms with Gasteiger partial charge in [-0.25, -0.2) is 9.37 Å². The van der Waals surface area contributed by atoms with Gasteiger partial charge in [-0.3, -0.25) is 10.00 Å². The van der Waals surface area contributed by atoms with Gasteiger partial charge in [0, 0.05) is 38.2 Å². The van der Waals surface area contributed by atoms with Gasteiger partial charge in [0.2, 0.25) is 0 Å². The van der Waals surface area contributed by atoms with Crippen molar-refractivity contribution in [3.63, 3.8) is 0 Å². The number of aromatic amines is 2. The lowest BCUT2D eigenvalue weighted by molar-refractivity contribution is 0.125. The molecule has 0 amide bonds. The Bertz CT molecular complexity index is 1310. The topological polar surface area (TPSA) is 90.1 Å². The molecule has 0 saturated heterocycles. The second kappa shape index (κ2) is 11.2. The van der Waals surface area contributed by atoms with Crippen LogP contribution in [0.2, 0.25) is 0 Å². The number of aryl methyl sites for hydroxylation is 1. The number of halogens is 1. The van der Waals surface area contributed by atoms with E-state index in [-0.39, 0.29) is 5.75 Å². The van der Waals surface area contributed by atoms with Crippen molar-refractivity contribution in [3.8, 4) is 28.4 Å². The minimum absolute atomic E-state index is 0.320. The molecule has 1 atom stereocenters. The monoisotopic (exact) mass is 493 g/mol. The van der Waals surface area contributed by atoms with Crippen molar-refractivity contribution in [1.29, 1.82) is 0 Å². The van der Waals surface area contributed by atoms with Crippen molar-refractivity contribution >= 4 is 10.9 Å². The quantitative estimate of drug-likeness (QED) is 0.273. The lowest BCUT2D eigenvalue weighted by atomic mass is 9.96. The molecule has 0 spiro atoms. The lowest BCUT2D eigenvalue weighted by Gasteiger charge is -2.26. The molecule has 7 nitrogen and oxygen atoms in total. The van der Waals surface area contributed by atoms with Gasteiger partial charge in [-0.15, -0.1) is 0 Å². The molecule has 36 heavy (non-hydrogen) atoms. The molecule has 1 unspecified atom stereocenters. The van der Waals surface area contributed by atoms with Crippen LogP contribution in [0.5, 0.6) is 5.75 Å². The maximum absolute atomic E-state index is 14.1. The minimum atomic E-state index is -0.621. The molecule has 5 rings (SSSR count). The van der Waals surface area contributed by atoms with Crippen LogP contribution in [0.3, 0.4) is 0 Å². The van der Waals surface area contributed by atoms with Crippen molar-refractivity contribution in [2.75, 3.05) is 13.7 Å². The van der Waals surface area contributed by atoms with Crippen molar-refractivity contribution in [3.05, 3.63) is 53.1 Å². The van der Waals surface area contributed by atoms with Crippen LogP contribution in [0, 0.1) is 5.82 Å². The third kappa shape index (κ3) is 4.88. The number of phenols is 1. The largest absolute Gasteiger partial charge is 0.505 e. The maximum Gasteiger partial charge on any atom is 0.165 e. The highest BCUT2D eigenvalue weighted by Gasteiger charge is 2.28. The number of imidazole rings is 1. The van der Waals surface area contributed by atoms with Crippen molar-refractivity contribution in [2.45, 2.75) is 66.1 Å². The average molecular weight is 494 g/mol. The molecule has 0 radical (unpaired) electrons. The van der Waals surface area contributed by atoms with Gasteiger partial charge in [0.1, 0.15) is 5.69 Å². The Kier molecular flexibility index (Phi) is 8.06. The minimum Gasteiger partial charge on any atom is -0.505 e. The Hall–Kier alpha value is -3.23. The zero-order valence-electron chi connectivity index (χ0n) is 21.8. The Morgan fingerprint density at radius 3 is 2.67 bits per heavy atom. The molecule has 2 aromatic heterocycles.